The van der Waals surface area contributed by atoms with Crippen LogP contribution < -0.4 is 10.6 Å². The van der Waals surface area contributed by atoms with Crippen LogP contribution in [0.5, 0.6) is 0 Å². The minimum Gasteiger partial charge on any atom is -0.324 e. The summed E-state index contributed by atoms with van der Waals surface area (Å²) in [4.78, 5) is 38.1. The summed E-state index contributed by atoms with van der Waals surface area (Å²) in [5.74, 6) is -1.40. The number of imide groups is 1. The van der Waals surface area contributed by atoms with Gasteiger partial charge in [-0.3, -0.25) is 14.5 Å². The lowest BCUT2D eigenvalue weighted by molar-refractivity contribution is -0.138. The third kappa shape index (κ3) is 3.94. The summed E-state index contributed by atoms with van der Waals surface area (Å²) in [5.41, 5.74) is -1.33. The van der Waals surface area contributed by atoms with Gasteiger partial charge in [0.15, 0.2) is 0 Å². The summed E-state index contributed by atoms with van der Waals surface area (Å²) in [5, 5.41) is 5.01. The van der Waals surface area contributed by atoms with Crippen molar-refractivity contribution in [1.82, 2.24) is 10.2 Å². The maximum Gasteiger partial charge on any atom is 0.416 e. The molecule has 3 rings (SSSR count). The van der Waals surface area contributed by atoms with E-state index in [-0.39, 0.29) is 5.56 Å². The zero-order valence-corrected chi connectivity index (χ0v) is 15.6. The van der Waals surface area contributed by atoms with E-state index in [0.717, 1.165) is 23.8 Å². The molecule has 4 amide bonds. The van der Waals surface area contributed by atoms with E-state index in [0.29, 0.717) is 10.6 Å². The number of aryl methyl sites for hydroxylation is 1. The second kappa shape index (κ2) is 7.23. The SMILES string of the molecule is Cc1ccccc1NC(=O)CN1C(=O)N[C@](C)(c2cccc(C(F)(F)F)c2)C1=O. The summed E-state index contributed by atoms with van der Waals surface area (Å²) >= 11 is 0. The van der Waals surface area contributed by atoms with Crippen molar-refractivity contribution in [2.24, 2.45) is 0 Å². The Hall–Kier alpha value is -3.36. The second-order valence-corrected chi connectivity index (χ2v) is 6.89. The molecule has 0 bridgehead atoms. The fraction of sp³-hybridized carbons (Fsp3) is 0.250. The number of amides is 4. The highest BCUT2D eigenvalue weighted by molar-refractivity contribution is 6.10. The third-order valence-electron chi connectivity index (χ3n) is 4.76. The van der Waals surface area contributed by atoms with Crippen LogP contribution >= 0.6 is 0 Å². The van der Waals surface area contributed by atoms with E-state index in [2.05, 4.69) is 10.6 Å². The average Bonchev–Trinajstić information content (AvgIpc) is 2.87. The molecule has 6 nitrogen and oxygen atoms in total. The first-order chi connectivity index (χ1) is 13.5. The number of halogens is 3. The van der Waals surface area contributed by atoms with Gasteiger partial charge in [0.05, 0.1) is 5.56 Å². The summed E-state index contributed by atoms with van der Waals surface area (Å²) in [6, 6.07) is 10.3. The first-order valence-electron chi connectivity index (χ1n) is 8.70. The topological polar surface area (TPSA) is 78.5 Å². The molecular weight excluding hydrogens is 387 g/mol. The number of benzene rings is 2. The van der Waals surface area contributed by atoms with Crippen LogP contribution in [0.2, 0.25) is 0 Å². The number of carbonyl (C=O) groups excluding carboxylic acids is 3. The monoisotopic (exact) mass is 405 g/mol. The van der Waals surface area contributed by atoms with Gasteiger partial charge in [0.25, 0.3) is 5.91 Å². The van der Waals surface area contributed by atoms with Crippen LogP contribution in [0.3, 0.4) is 0 Å². The van der Waals surface area contributed by atoms with E-state index in [1.54, 1.807) is 31.2 Å². The van der Waals surface area contributed by atoms with E-state index < -0.39 is 41.7 Å². The normalized spacial score (nSPS) is 19.3. The Labute approximate surface area is 164 Å². The Morgan fingerprint density at radius 1 is 1.14 bits per heavy atom. The molecule has 2 aromatic carbocycles. The van der Waals surface area contributed by atoms with Crippen molar-refractivity contribution in [2.75, 3.05) is 11.9 Å². The number of hydrogen-bond acceptors (Lipinski definition) is 3. The number of alkyl halides is 3. The molecular formula is C20H18F3N3O3. The first-order valence-corrected chi connectivity index (χ1v) is 8.70. The average molecular weight is 405 g/mol. The predicted molar refractivity (Wildman–Crippen MR) is 98.8 cm³/mol. The molecule has 1 heterocycles. The molecule has 9 heteroatoms. The van der Waals surface area contributed by atoms with Crippen LogP contribution in [0.25, 0.3) is 0 Å². The van der Waals surface area contributed by atoms with Gasteiger partial charge in [0.2, 0.25) is 5.91 Å². The molecule has 1 atom stereocenters. The van der Waals surface area contributed by atoms with Gasteiger partial charge in [-0.2, -0.15) is 13.2 Å². The zero-order valence-electron chi connectivity index (χ0n) is 15.6. The van der Waals surface area contributed by atoms with Crippen molar-refractivity contribution < 1.29 is 27.6 Å². The van der Waals surface area contributed by atoms with Crippen LogP contribution in [0, 0.1) is 6.92 Å². The molecule has 0 aromatic heterocycles. The fourth-order valence-corrected chi connectivity index (χ4v) is 3.09. The largest absolute Gasteiger partial charge is 0.416 e. The van der Waals surface area contributed by atoms with Crippen molar-refractivity contribution in [3.05, 3.63) is 65.2 Å². The molecule has 152 valence electrons. The highest BCUT2D eigenvalue weighted by Crippen LogP contribution is 2.34. The zero-order chi connectivity index (χ0) is 21.4. The van der Waals surface area contributed by atoms with E-state index in [1.165, 1.54) is 13.0 Å². The van der Waals surface area contributed by atoms with E-state index >= 15 is 0 Å². The smallest absolute Gasteiger partial charge is 0.324 e. The van der Waals surface area contributed by atoms with Crippen LogP contribution in [-0.2, 0) is 21.3 Å². The summed E-state index contributed by atoms with van der Waals surface area (Å²) < 4.78 is 39.0. The van der Waals surface area contributed by atoms with Crippen molar-refractivity contribution in [2.45, 2.75) is 25.6 Å². The number of para-hydroxylation sites is 1. The van der Waals surface area contributed by atoms with Crippen LogP contribution in [-0.4, -0.2) is 29.3 Å². The number of nitrogens with zero attached hydrogens (tertiary/aromatic N) is 1. The maximum atomic E-state index is 13.0. The lowest BCUT2D eigenvalue weighted by Gasteiger charge is -2.23. The Kier molecular flexibility index (Phi) is 5.08. The van der Waals surface area contributed by atoms with Crippen molar-refractivity contribution in [1.29, 1.82) is 0 Å². The second-order valence-electron chi connectivity index (χ2n) is 6.89. The number of anilines is 1. The molecule has 2 aromatic rings. The van der Waals surface area contributed by atoms with Gasteiger partial charge in [-0.25, -0.2) is 4.79 Å². The lowest BCUT2D eigenvalue weighted by atomic mass is 9.90. The molecule has 29 heavy (non-hydrogen) atoms. The number of nitrogens with one attached hydrogen (secondary N) is 2. The van der Waals surface area contributed by atoms with Crippen molar-refractivity contribution in [3.8, 4) is 0 Å². The lowest BCUT2D eigenvalue weighted by Crippen LogP contribution is -2.42. The molecule has 0 unspecified atom stereocenters. The standard InChI is InChI=1S/C20H18F3N3O3/c1-12-6-3-4-9-15(12)24-16(27)11-26-17(28)19(2,25-18(26)29)13-7-5-8-14(10-13)20(21,22)23/h3-10H,11H2,1-2H3,(H,24,27)(H,25,29)/t19-/m1/s1. The number of hydrogen-bond donors (Lipinski definition) is 2. The minimum absolute atomic E-state index is 0.0208. The quantitative estimate of drug-likeness (QED) is 0.766. The molecule has 0 spiro atoms. The first kappa shape index (κ1) is 20.4. The Morgan fingerprint density at radius 2 is 1.83 bits per heavy atom. The van der Waals surface area contributed by atoms with E-state index in [4.69, 9.17) is 0 Å². The summed E-state index contributed by atoms with van der Waals surface area (Å²) in [6.07, 6.45) is -4.59. The number of carbonyl (C=O) groups is 3. The third-order valence-corrected chi connectivity index (χ3v) is 4.76. The highest BCUT2D eigenvalue weighted by atomic mass is 19.4. The fourth-order valence-electron chi connectivity index (χ4n) is 3.09. The molecule has 0 saturated carbocycles. The summed E-state index contributed by atoms with van der Waals surface area (Å²) in [7, 11) is 0. The predicted octanol–water partition coefficient (Wildman–Crippen LogP) is 3.42. The Bertz CT molecular complexity index is 990. The minimum atomic E-state index is -4.59. The van der Waals surface area contributed by atoms with Gasteiger partial charge in [-0.1, -0.05) is 30.3 Å². The molecule has 1 aliphatic rings. The van der Waals surface area contributed by atoms with E-state index in [1.807, 2.05) is 0 Å². The molecule has 0 radical (unpaired) electrons. The maximum absolute atomic E-state index is 13.0. The molecule has 1 fully saturated rings. The van der Waals surface area contributed by atoms with Gasteiger partial charge in [0.1, 0.15) is 12.1 Å². The van der Waals surface area contributed by atoms with Crippen molar-refractivity contribution >= 4 is 23.5 Å². The molecule has 2 N–H and O–H groups in total. The Morgan fingerprint density at radius 3 is 2.48 bits per heavy atom. The van der Waals surface area contributed by atoms with Crippen LogP contribution in [0.15, 0.2) is 48.5 Å². The Balaban J connectivity index is 1.80. The van der Waals surface area contributed by atoms with Crippen LogP contribution in [0.1, 0.15) is 23.6 Å². The molecule has 1 saturated heterocycles. The van der Waals surface area contributed by atoms with Gasteiger partial charge in [0, 0.05) is 5.69 Å². The van der Waals surface area contributed by atoms with Crippen molar-refractivity contribution in [3.63, 3.8) is 0 Å². The van der Waals surface area contributed by atoms with Gasteiger partial charge in [-0.15, -0.1) is 0 Å². The highest BCUT2D eigenvalue weighted by Gasteiger charge is 2.50. The van der Waals surface area contributed by atoms with Crippen LogP contribution in [0.4, 0.5) is 23.7 Å². The van der Waals surface area contributed by atoms with E-state index in [9.17, 15) is 27.6 Å². The number of urea groups is 1. The summed E-state index contributed by atoms with van der Waals surface area (Å²) in [6.45, 7) is 2.53. The number of rotatable bonds is 4. The molecule has 1 aliphatic heterocycles. The van der Waals surface area contributed by atoms with Gasteiger partial charge >= 0.3 is 12.2 Å². The van der Waals surface area contributed by atoms with Gasteiger partial charge < -0.3 is 10.6 Å². The molecule has 0 aliphatic carbocycles. The van der Waals surface area contributed by atoms with Gasteiger partial charge in [-0.05, 0) is 43.2 Å².